The number of ether oxygens (including phenoxy) is 1. The van der Waals surface area contributed by atoms with E-state index in [1.54, 1.807) is 7.11 Å². The third-order valence-electron chi connectivity index (χ3n) is 2.69. The summed E-state index contributed by atoms with van der Waals surface area (Å²) in [5.74, 6) is 0. The first-order valence-electron chi connectivity index (χ1n) is 6.15. The molecule has 1 aromatic rings. The molecule has 102 valence electrons. The zero-order valence-corrected chi connectivity index (χ0v) is 11.9. The van der Waals surface area contributed by atoms with Gasteiger partial charge in [0.2, 0.25) is 0 Å². The molecule has 5 nitrogen and oxygen atoms in total. The van der Waals surface area contributed by atoms with Crippen molar-refractivity contribution in [1.29, 1.82) is 0 Å². The topological polar surface area (TPSA) is 56.1 Å². The van der Waals surface area contributed by atoms with Crippen LogP contribution in [0, 0.1) is 0 Å². The molecule has 1 heterocycles. The second-order valence-corrected chi connectivity index (χ2v) is 5.36. The molecule has 0 aliphatic rings. The number of aromatic nitrogens is 2. The lowest BCUT2D eigenvalue weighted by atomic mass is 9.91. The quantitative estimate of drug-likeness (QED) is 0.847. The Morgan fingerprint density at radius 2 is 2.11 bits per heavy atom. The summed E-state index contributed by atoms with van der Waals surface area (Å²) >= 11 is 0. The molecule has 0 fully saturated rings. The van der Waals surface area contributed by atoms with Crippen LogP contribution in [0.3, 0.4) is 0 Å². The average molecular weight is 253 g/mol. The minimum Gasteiger partial charge on any atom is -0.383 e. The second kappa shape index (κ2) is 6.11. The van der Waals surface area contributed by atoms with Gasteiger partial charge < -0.3 is 10.1 Å². The molecule has 0 atom stereocenters. The van der Waals surface area contributed by atoms with Crippen LogP contribution >= 0.6 is 0 Å². The van der Waals surface area contributed by atoms with E-state index < -0.39 is 0 Å². The van der Waals surface area contributed by atoms with E-state index in [-0.39, 0.29) is 11.0 Å². The van der Waals surface area contributed by atoms with Gasteiger partial charge in [0.05, 0.1) is 18.8 Å². The van der Waals surface area contributed by atoms with Crippen LogP contribution < -0.4 is 10.9 Å². The SMILES string of the molecule is CNCc1cc(C(C)(C)C)nn(CCOC)c1=O. The molecule has 0 saturated heterocycles. The smallest absolute Gasteiger partial charge is 0.271 e. The van der Waals surface area contributed by atoms with E-state index in [4.69, 9.17) is 4.74 Å². The van der Waals surface area contributed by atoms with E-state index >= 15 is 0 Å². The Balaban J connectivity index is 3.23. The first-order valence-corrected chi connectivity index (χ1v) is 6.15. The van der Waals surface area contributed by atoms with Gasteiger partial charge in [0.25, 0.3) is 5.56 Å². The molecule has 0 spiro atoms. The van der Waals surface area contributed by atoms with Gasteiger partial charge in [-0.05, 0) is 13.1 Å². The maximum absolute atomic E-state index is 12.1. The molecule has 0 saturated carbocycles. The van der Waals surface area contributed by atoms with Gasteiger partial charge in [-0.1, -0.05) is 20.8 Å². The summed E-state index contributed by atoms with van der Waals surface area (Å²) in [4.78, 5) is 12.1. The summed E-state index contributed by atoms with van der Waals surface area (Å²) in [6, 6.07) is 1.89. The molecule has 1 rings (SSSR count). The molecule has 0 bridgehead atoms. The fourth-order valence-electron chi connectivity index (χ4n) is 1.61. The zero-order valence-electron chi connectivity index (χ0n) is 11.9. The number of rotatable bonds is 5. The summed E-state index contributed by atoms with van der Waals surface area (Å²) < 4.78 is 6.51. The Labute approximate surface area is 108 Å². The molecule has 0 amide bonds. The molecule has 1 N–H and O–H groups in total. The molecular weight excluding hydrogens is 230 g/mol. The number of hydrogen-bond acceptors (Lipinski definition) is 4. The van der Waals surface area contributed by atoms with Gasteiger partial charge in [0.1, 0.15) is 0 Å². The summed E-state index contributed by atoms with van der Waals surface area (Å²) in [6.45, 7) is 7.78. The van der Waals surface area contributed by atoms with Crippen LogP contribution in [0.5, 0.6) is 0 Å². The normalized spacial score (nSPS) is 11.8. The van der Waals surface area contributed by atoms with Crippen molar-refractivity contribution in [1.82, 2.24) is 15.1 Å². The first-order chi connectivity index (χ1) is 8.40. The van der Waals surface area contributed by atoms with Crippen molar-refractivity contribution in [3.05, 3.63) is 27.7 Å². The summed E-state index contributed by atoms with van der Waals surface area (Å²) in [7, 11) is 3.45. The van der Waals surface area contributed by atoms with Gasteiger partial charge in [0.15, 0.2) is 0 Å². The molecular formula is C13H23N3O2. The lowest BCUT2D eigenvalue weighted by Crippen LogP contribution is -2.32. The van der Waals surface area contributed by atoms with E-state index in [1.165, 1.54) is 4.68 Å². The summed E-state index contributed by atoms with van der Waals surface area (Å²) in [5, 5.41) is 7.43. The number of nitrogens with one attached hydrogen (secondary N) is 1. The van der Waals surface area contributed by atoms with Crippen LogP contribution in [0.1, 0.15) is 32.0 Å². The first kappa shape index (κ1) is 14.9. The third-order valence-corrected chi connectivity index (χ3v) is 2.69. The van der Waals surface area contributed by atoms with Crippen molar-refractivity contribution in [3.63, 3.8) is 0 Å². The Morgan fingerprint density at radius 3 is 2.61 bits per heavy atom. The van der Waals surface area contributed by atoms with Crippen LogP contribution in [0.15, 0.2) is 10.9 Å². The number of hydrogen-bond donors (Lipinski definition) is 1. The predicted octanol–water partition coefficient (Wildman–Crippen LogP) is 0.907. The lowest BCUT2D eigenvalue weighted by molar-refractivity contribution is 0.181. The Bertz CT molecular complexity index is 447. The maximum Gasteiger partial charge on any atom is 0.271 e. The lowest BCUT2D eigenvalue weighted by Gasteiger charge is -2.20. The van der Waals surface area contributed by atoms with E-state index in [2.05, 4.69) is 31.2 Å². The molecule has 0 aromatic carbocycles. The van der Waals surface area contributed by atoms with Crippen molar-refractivity contribution in [2.75, 3.05) is 20.8 Å². The van der Waals surface area contributed by atoms with Crippen LogP contribution in [-0.4, -0.2) is 30.5 Å². The molecule has 0 aliphatic heterocycles. The van der Waals surface area contributed by atoms with Crippen molar-refractivity contribution < 1.29 is 4.74 Å². The maximum atomic E-state index is 12.1. The van der Waals surface area contributed by atoms with Gasteiger partial charge >= 0.3 is 0 Å². The van der Waals surface area contributed by atoms with Crippen molar-refractivity contribution in [2.45, 2.75) is 39.3 Å². The molecule has 0 unspecified atom stereocenters. The highest BCUT2D eigenvalue weighted by Gasteiger charge is 2.19. The van der Waals surface area contributed by atoms with Gasteiger partial charge in [-0.2, -0.15) is 5.10 Å². The average Bonchev–Trinajstić information content (AvgIpc) is 2.29. The largest absolute Gasteiger partial charge is 0.383 e. The number of methoxy groups -OCH3 is 1. The minimum atomic E-state index is -0.0784. The fraction of sp³-hybridized carbons (Fsp3) is 0.692. The molecule has 0 aliphatic carbocycles. The van der Waals surface area contributed by atoms with Crippen molar-refractivity contribution >= 4 is 0 Å². The highest BCUT2D eigenvalue weighted by Crippen LogP contribution is 2.19. The van der Waals surface area contributed by atoms with E-state index in [0.717, 1.165) is 11.3 Å². The summed E-state index contributed by atoms with van der Waals surface area (Å²) in [5.41, 5.74) is 1.54. The molecule has 18 heavy (non-hydrogen) atoms. The minimum absolute atomic E-state index is 0.0469. The van der Waals surface area contributed by atoms with E-state index in [0.29, 0.717) is 19.7 Å². The predicted molar refractivity (Wildman–Crippen MR) is 71.8 cm³/mol. The Morgan fingerprint density at radius 1 is 1.44 bits per heavy atom. The van der Waals surface area contributed by atoms with Gasteiger partial charge in [-0.15, -0.1) is 0 Å². The Kier molecular flexibility index (Phi) is 5.04. The monoisotopic (exact) mass is 253 g/mol. The Hall–Kier alpha value is -1.20. The fourth-order valence-corrected chi connectivity index (χ4v) is 1.61. The van der Waals surface area contributed by atoms with Crippen molar-refractivity contribution in [2.24, 2.45) is 0 Å². The summed E-state index contributed by atoms with van der Waals surface area (Å²) in [6.07, 6.45) is 0. The van der Waals surface area contributed by atoms with Crippen LogP contribution in [0.2, 0.25) is 0 Å². The van der Waals surface area contributed by atoms with Gasteiger partial charge in [-0.25, -0.2) is 4.68 Å². The van der Waals surface area contributed by atoms with E-state index in [9.17, 15) is 4.79 Å². The van der Waals surface area contributed by atoms with E-state index in [1.807, 2.05) is 13.1 Å². The standard InChI is InChI=1S/C13H23N3O2/c1-13(2,3)11-8-10(9-14-4)12(17)16(15-11)6-7-18-5/h8,14H,6-7,9H2,1-5H3. The van der Waals surface area contributed by atoms with Gasteiger partial charge in [0, 0.05) is 24.6 Å². The number of nitrogens with zero attached hydrogens (tertiary/aromatic N) is 2. The second-order valence-electron chi connectivity index (χ2n) is 5.36. The zero-order chi connectivity index (χ0) is 13.8. The highest BCUT2D eigenvalue weighted by molar-refractivity contribution is 5.19. The molecule has 5 heteroatoms. The van der Waals surface area contributed by atoms with Gasteiger partial charge in [-0.3, -0.25) is 4.79 Å². The molecule has 1 aromatic heterocycles. The van der Waals surface area contributed by atoms with Crippen molar-refractivity contribution in [3.8, 4) is 0 Å². The molecule has 0 radical (unpaired) electrons. The van der Waals surface area contributed by atoms with Crippen LogP contribution in [-0.2, 0) is 23.2 Å². The van der Waals surface area contributed by atoms with Crippen LogP contribution in [0.4, 0.5) is 0 Å². The van der Waals surface area contributed by atoms with Crippen LogP contribution in [0.25, 0.3) is 0 Å². The third kappa shape index (κ3) is 3.65. The highest BCUT2D eigenvalue weighted by atomic mass is 16.5.